The van der Waals surface area contributed by atoms with Gasteiger partial charge in [0, 0.05) is 38.4 Å². The summed E-state index contributed by atoms with van der Waals surface area (Å²) >= 11 is 6.07. The Morgan fingerprint density at radius 3 is 2.80 bits per heavy atom. The maximum Gasteiger partial charge on any atom is 0.134 e. The van der Waals surface area contributed by atoms with Gasteiger partial charge in [-0.1, -0.05) is 11.6 Å². The number of aryl methyl sites for hydroxylation is 1. The summed E-state index contributed by atoms with van der Waals surface area (Å²) in [5, 5.41) is 10.4. The van der Waals surface area contributed by atoms with E-state index < -0.39 is 0 Å². The third-order valence-electron chi connectivity index (χ3n) is 4.10. The summed E-state index contributed by atoms with van der Waals surface area (Å²) < 4.78 is 2.07. The zero-order chi connectivity index (χ0) is 14.3. The van der Waals surface area contributed by atoms with Gasteiger partial charge in [0.15, 0.2) is 0 Å². The highest BCUT2D eigenvalue weighted by Gasteiger charge is 2.24. The van der Waals surface area contributed by atoms with E-state index in [0.717, 1.165) is 19.5 Å². The van der Waals surface area contributed by atoms with Crippen LogP contribution < -0.4 is 0 Å². The van der Waals surface area contributed by atoms with E-state index in [2.05, 4.69) is 35.0 Å². The third kappa shape index (κ3) is 2.43. The van der Waals surface area contributed by atoms with Crippen molar-refractivity contribution >= 4 is 11.6 Å². The molecule has 0 spiro atoms. The topological polar surface area (TPSA) is 28.4 Å². The molecule has 1 aliphatic heterocycles. The molecular weight excluding hydrogens is 272 g/mol. The van der Waals surface area contributed by atoms with Crippen molar-refractivity contribution < 1.29 is 5.11 Å². The standard InChI is InChI=1S/C16H19ClN2O/c1-18-6-4-12(9-18)14-10-19(2)5-3-11-7-15(17)16(20)8-13(11)14/h4,6-9,14,20H,3,5,10H2,1-2H3. The minimum absolute atomic E-state index is 0.177. The van der Waals surface area contributed by atoms with E-state index in [0.29, 0.717) is 5.02 Å². The molecule has 1 aliphatic rings. The number of phenolic OH excluding ortho intramolecular Hbond substituents is 1. The lowest BCUT2D eigenvalue weighted by Gasteiger charge is -2.21. The number of phenols is 1. The molecule has 20 heavy (non-hydrogen) atoms. The molecule has 0 saturated heterocycles. The first-order valence-electron chi connectivity index (χ1n) is 6.86. The van der Waals surface area contributed by atoms with Gasteiger partial charge in [0.1, 0.15) is 5.75 Å². The Morgan fingerprint density at radius 1 is 1.30 bits per heavy atom. The second-order valence-electron chi connectivity index (χ2n) is 5.68. The predicted molar refractivity (Wildman–Crippen MR) is 81.6 cm³/mol. The van der Waals surface area contributed by atoms with Gasteiger partial charge < -0.3 is 14.6 Å². The summed E-state index contributed by atoms with van der Waals surface area (Å²) in [6, 6.07) is 5.91. The molecule has 106 valence electrons. The normalized spacial score (nSPS) is 19.6. The fourth-order valence-corrected chi connectivity index (χ4v) is 3.17. The van der Waals surface area contributed by atoms with Gasteiger partial charge in [0.05, 0.1) is 5.02 Å². The highest BCUT2D eigenvalue weighted by Crippen LogP contribution is 2.36. The van der Waals surface area contributed by atoms with Gasteiger partial charge in [-0.2, -0.15) is 0 Å². The molecule has 1 atom stereocenters. The van der Waals surface area contributed by atoms with Gasteiger partial charge in [-0.3, -0.25) is 0 Å². The first-order chi connectivity index (χ1) is 9.54. The summed E-state index contributed by atoms with van der Waals surface area (Å²) in [6.07, 6.45) is 5.18. The third-order valence-corrected chi connectivity index (χ3v) is 4.40. The molecule has 0 bridgehead atoms. The Hall–Kier alpha value is -1.45. The molecule has 0 radical (unpaired) electrons. The van der Waals surface area contributed by atoms with Crippen LogP contribution in [-0.2, 0) is 13.5 Å². The van der Waals surface area contributed by atoms with Crippen molar-refractivity contribution in [2.24, 2.45) is 7.05 Å². The van der Waals surface area contributed by atoms with Crippen molar-refractivity contribution in [1.82, 2.24) is 9.47 Å². The summed E-state index contributed by atoms with van der Waals surface area (Å²) in [4.78, 5) is 2.34. The van der Waals surface area contributed by atoms with Crippen LogP contribution in [0.25, 0.3) is 0 Å². The molecule has 0 amide bonds. The molecule has 2 heterocycles. The van der Waals surface area contributed by atoms with Gasteiger partial charge >= 0.3 is 0 Å². The van der Waals surface area contributed by atoms with Gasteiger partial charge in [0.25, 0.3) is 0 Å². The van der Waals surface area contributed by atoms with E-state index in [1.54, 1.807) is 0 Å². The Morgan fingerprint density at radius 2 is 2.10 bits per heavy atom. The molecule has 4 heteroatoms. The maximum absolute atomic E-state index is 9.95. The maximum atomic E-state index is 9.95. The lowest BCUT2D eigenvalue weighted by atomic mass is 9.89. The monoisotopic (exact) mass is 290 g/mol. The van der Waals surface area contributed by atoms with Crippen molar-refractivity contribution in [3.05, 3.63) is 52.3 Å². The van der Waals surface area contributed by atoms with Crippen molar-refractivity contribution in [3.8, 4) is 5.75 Å². The fraction of sp³-hybridized carbons (Fsp3) is 0.375. The van der Waals surface area contributed by atoms with Crippen LogP contribution in [0.3, 0.4) is 0 Å². The van der Waals surface area contributed by atoms with Gasteiger partial charge in [-0.25, -0.2) is 0 Å². The molecule has 0 aliphatic carbocycles. The van der Waals surface area contributed by atoms with E-state index in [1.807, 2.05) is 19.2 Å². The number of nitrogens with zero attached hydrogens (tertiary/aromatic N) is 2. The second-order valence-corrected chi connectivity index (χ2v) is 6.08. The van der Waals surface area contributed by atoms with E-state index in [9.17, 15) is 5.11 Å². The Bertz CT molecular complexity index is 635. The average Bonchev–Trinajstić information content (AvgIpc) is 2.77. The van der Waals surface area contributed by atoms with Crippen LogP contribution >= 0.6 is 11.6 Å². The number of benzene rings is 1. The van der Waals surface area contributed by atoms with Crippen LogP contribution in [0.4, 0.5) is 0 Å². The quantitative estimate of drug-likeness (QED) is 0.874. The van der Waals surface area contributed by atoms with E-state index in [-0.39, 0.29) is 11.7 Å². The van der Waals surface area contributed by atoms with Crippen LogP contribution in [0.5, 0.6) is 5.75 Å². The number of rotatable bonds is 1. The number of fused-ring (bicyclic) bond motifs is 1. The highest BCUT2D eigenvalue weighted by atomic mass is 35.5. The average molecular weight is 291 g/mol. The Kier molecular flexibility index (Phi) is 3.48. The fourth-order valence-electron chi connectivity index (χ4n) is 2.99. The molecule has 1 aromatic carbocycles. The van der Waals surface area contributed by atoms with E-state index >= 15 is 0 Å². The van der Waals surface area contributed by atoms with E-state index in [4.69, 9.17) is 11.6 Å². The minimum atomic E-state index is 0.177. The van der Waals surface area contributed by atoms with Crippen LogP contribution in [0.2, 0.25) is 5.02 Å². The summed E-state index contributed by atoms with van der Waals surface area (Å²) in [5.41, 5.74) is 3.72. The molecule has 2 aromatic rings. The lowest BCUT2D eigenvalue weighted by Crippen LogP contribution is -2.24. The summed E-state index contributed by atoms with van der Waals surface area (Å²) in [5.74, 6) is 0.456. The molecular formula is C16H19ClN2O. The lowest BCUT2D eigenvalue weighted by molar-refractivity contribution is 0.338. The van der Waals surface area contributed by atoms with Gasteiger partial charge in [-0.15, -0.1) is 0 Å². The van der Waals surface area contributed by atoms with Crippen molar-refractivity contribution in [2.45, 2.75) is 12.3 Å². The summed E-state index contributed by atoms with van der Waals surface area (Å²) in [6.45, 7) is 1.97. The zero-order valence-corrected chi connectivity index (χ0v) is 12.6. The van der Waals surface area contributed by atoms with Crippen LogP contribution in [0.1, 0.15) is 22.6 Å². The SMILES string of the molecule is CN1CCc2cc(Cl)c(O)cc2C(c2ccn(C)c2)C1. The van der Waals surface area contributed by atoms with Crippen LogP contribution in [0, 0.1) is 0 Å². The Labute approximate surface area is 124 Å². The molecule has 3 rings (SSSR count). The number of hydrogen-bond donors (Lipinski definition) is 1. The highest BCUT2D eigenvalue weighted by molar-refractivity contribution is 6.32. The number of likely N-dealkylation sites (N-methyl/N-ethyl adjacent to an activating group) is 1. The molecule has 1 aromatic heterocycles. The van der Waals surface area contributed by atoms with Crippen LogP contribution in [0.15, 0.2) is 30.6 Å². The smallest absolute Gasteiger partial charge is 0.134 e. The second kappa shape index (κ2) is 5.15. The Balaban J connectivity index is 2.11. The molecule has 0 saturated carbocycles. The molecule has 1 unspecified atom stereocenters. The number of halogens is 1. The number of hydrogen-bond acceptors (Lipinski definition) is 2. The molecule has 0 fully saturated rings. The minimum Gasteiger partial charge on any atom is -0.506 e. The van der Waals surface area contributed by atoms with Crippen molar-refractivity contribution in [2.75, 3.05) is 20.1 Å². The number of aromatic nitrogens is 1. The van der Waals surface area contributed by atoms with Crippen molar-refractivity contribution in [3.63, 3.8) is 0 Å². The van der Waals surface area contributed by atoms with E-state index in [1.165, 1.54) is 16.7 Å². The van der Waals surface area contributed by atoms with Gasteiger partial charge in [0.2, 0.25) is 0 Å². The zero-order valence-electron chi connectivity index (χ0n) is 11.8. The largest absolute Gasteiger partial charge is 0.506 e. The summed E-state index contributed by atoms with van der Waals surface area (Å²) in [7, 11) is 4.17. The molecule has 1 N–H and O–H groups in total. The van der Waals surface area contributed by atoms with Gasteiger partial charge in [-0.05, 0) is 48.4 Å². The van der Waals surface area contributed by atoms with Crippen molar-refractivity contribution in [1.29, 1.82) is 0 Å². The first kappa shape index (κ1) is 13.5. The van der Waals surface area contributed by atoms with Crippen LogP contribution in [-0.4, -0.2) is 34.7 Å². The molecule has 3 nitrogen and oxygen atoms in total. The number of aromatic hydroxyl groups is 1. The predicted octanol–water partition coefficient (Wildman–Crippen LogP) is 3.00. The first-order valence-corrected chi connectivity index (χ1v) is 7.24.